The van der Waals surface area contributed by atoms with Crippen molar-refractivity contribution in [3.63, 3.8) is 0 Å². The van der Waals surface area contributed by atoms with Gasteiger partial charge in [-0.1, -0.05) is 12.1 Å². The number of hydrogen-bond donors (Lipinski definition) is 1. The van der Waals surface area contributed by atoms with Crippen LogP contribution in [0.25, 0.3) is 0 Å². The molecule has 0 amide bonds. The average Bonchev–Trinajstić information content (AvgIpc) is 3.09. The number of methoxy groups -OCH3 is 1. The van der Waals surface area contributed by atoms with E-state index in [1.54, 1.807) is 12.1 Å². The van der Waals surface area contributed by atoms with E-state index in [1.807, 2.05) is 19.1 Å². The zero-order chi connectivity index (χ0) is 11.8. The molecule has 86 valence electrons. The highest BCUT2D eigenvalue weighted by atomic mass is 16.5. The van der Waals surface area contributed by atoms with Gasteiger partial charge in [0.1, 0.15) is 0 Å². The van der Waals surface area contributed by atoms with Gasteiger partial charge in [-0.2, -0.15) is 0 Å². The fraction of sp³-hybridized carbons (Fsp3) is 0.462. The Morgan fingerprint density at radius 2 is 1.94 bits per heavy atom. The Kier molecular flexibility index (Phi) is 2.72. The van der Waals surface area contributed by atoms with Crippen LogP contribution in [0.15, 0.2) is 24.3 Å². The van der Waals surface area contributed by atoms with Crippen molar-refractivity contribution in [1.29, 1.82) is 0 Å². The van der Waals surface area contributed by atoms with Crippen LogP contribution in [-0.4, -0.2) is 24.3 Å². The number of ether oxygens (including phenoxy) is 1. The summed E-state index contributed by atoms with van der Waals surface area (Å²) in [5.41, 5.74) is 1.58. The van der Waals surface area contributed by atoms with E-state index in [1.165, 1.54) is 7.11 Å². The van der Waals surface area contributed by atoms with Crippen molar-refractivity contribution in [2.75, 3.05) is 7.11 Å². The summed E-state index contributed by atoms with van der Waals surface area (Å²) >= 11 is 0. The molecule has 2 rings (SSSR count). The molecule has 1 aliphatic carbocycles. The molecule has 0 saturated heterocycles. The van der Waals surface area contributed by atoms with Crippen LogP contribution in [0.1, 0.15) is 35.7 Å². The Morgan fingerprint density at radius 3 is 2.31 bits per heavy atom. The molecule has 1 aliphatic rings. The number of carbonyl (C=O) groups excluding carboxylic acids is 1. The number of aliphatic hydroxyl groups is 1. The number of aliphatic hydroxyl groups excluding tert-OH is 1. The topological polar surface area (TPSA) is 46.5 Å². The fourth-order valence-corrected chi connectivity index (χ4v) is 2.14. The minimum atomic E-state index is -0.337. The van der Waals surface area contributed by atoms with Crippen LogP contribution in [0, 0.1) is 0 Å². The van der Waals surface area contributed by atoms with E-state index in [9.17, 15) is 9.90 Å². The standard InChI is InChI=1S/C13H16O3/c1-9(14)13(7-8-13)11-5-3-10(4-6-11)12(15)16-2/h3-6,9,14H,7-8H2,1-2H3. The molecule has 0 spiro atoms. The van der Waals surface area contributed by atoms with E-state index in [0.717, 1.165) is 18.4 Å². The number of rotatable bonds is 3. The Morgan fingerprint density at radius 1 is 1.38 bits per heavy atom. The lowest BCUT2D eigenvalue weighted by Crippen LogP contribution is -2.22. The Bertz CT molecular complexity index is 388. The summed E-state index contributed by atoms with van der Waals surface area (Å²) in [5, 5.41) is 9.73. The predicted molar refractivity (Wildman–Crippen MR) is 60.4 cm³/mol. The molecule has 3 heteroatoms. The smallest absolute Gasteiger partial charge is 0.337 e. The van der Waals surface area contributed by atoms with Gasteiger partial charge in [-0.05, 0) is 37.5 Å². The van der Waals surface area contributed by atoms with Crippen molar-refractivity contribution in [3.8, 4) is 0 Å². The van der Waals surface area contributed by atoms with Crippen molar-refractivity contribution >= 4 is 5.97 Å². The molecule has 1 N–H and O–H groups in total. The SMILES string of the molecule is COC(=O)c1ccc(C2(C(C)O)CC2)cc1. The van der Waals surface area contributed by atoms with E-state index >= 15 is 0 Å². The van der Waals surface area contributed by atoms with Crippen molar-refractivity contribution < 1.29 is 14.6 Å². The summed E-state index contributed by atoms with van der Waals surface area (Å²) in [5.74, 6) is -0.326. The van der Waals surface area contributed by atoms with Crippen molar-refractivity contribution in [2.45, 2.75) is 31.3 Å². The van der Waals surface area contributed by atoms with Crippen LogP contribution in [0.5, 0.6) is 0 Å². The summed E-state index contributed by atoms with van der Waals surface area (Å²) in [7, 11) is 1.37. The molecule has 1 fully saturated rings. The maximum Gasteiger partial charge on any atom is 0.337 e. The molecule has 1 aromatic carbocycles. The normalized spacial score (nSPS) is 18.9. The van der Waals surface area contributed by atoms with E-state index in [4.69, 9.17) is 0 Å². The van der Waals surface area contributed by atoms with E-state index < -0.39 is 0 Å². The molecule has 1 atom stereocenters. The summed E-state index contributed by atoms with van der Waals surface area (Å²) in [6, 6.07) is 7.32. The Balaban J connectivity index is 2.23. The van der Waals surface area contributed by atoms with Crippen molar-refractivity contribution in [1.82, 2.24) is 0 Å². The van der Waals surface area contributed by atoms with Crippen molar-refractivity contribution in [3.05, 3.63) is 35.4 Å². The van der Waals surface area contributed by atoms with E-state index in [-0.39, 0.29) is 17.5 Å². The molecular weight excluding hydrogens is 204 g/mol. The monoisotopic (exact) mass is 220 g/mol. The van der Waals surface area contributed by atoms with Crippen LogP contribution < -0.4 is 0 Å². The number of carbonyl (C=O) groups is 1. The summed E-state index contributed by atoms with van der Waals surface area (Å²) in [6.07, 6.45) is 1.70. The van der Waals surface area contributed by atoms with Gasteiger partial charge in [0.25, 0.3) is 0 Å². The summed E-state index contributed by atoms with van der Waals surface area (Å²) in [6.45, 7) is 1.82. The molecular formula is C13H16O3. The molecule has 0 bridgehead atoms. The first kappa shape index (κ1) is 11.1. The molecule has 0 radical (unpaired) electrons. The largest absolute Gasteiger partial charge is 0.465 e. The van der Waals surface area contributed by atoms with Crippen LogP contribution >= 0.6 is 0 Å². The van der Waals surface area contributed by atoms with Gasteiger partial charge in [0.2, 0.25) is 0 Å². The maximum absolute atomic E-state index is 11.3. The minimum absolute atomic E-state index is 0.0748. The first-order valence-corrected chi connectivity index (χ1v) is 5.47. The maximum atomic E-state index is 11.3. The molecule has 1 saturated carbocycles. The highest BCUT2D eigenvalue weighted by Gasteiger charge is 2.48. The van der Waals surface area contributed by atoms with Gasteiger partial charge in [-0.3, -0.25) is 0 Å². The van der Waals surface area contributed by atoms with Crippen LogP contribution in [0.4, 0.5) is 0 Å². The lowest BCUT2D eigenvalue weighted by atomic mass is 9.90. The highest BCUT2D eigenvalue weighted by molar-refractivity contribution is 5.89. The molecule has 0 heterocycles. The van der Waals surface area contributed by atoms with E-state index in [2.05, 4.69) is 4.74 Å². The minimum Gasteiger partial charge on any atom is -0.465 e. The quantitative estimate of drug-likeness (QED) is 0.791. The highest BCUT2D eigenvalue weighted by Crippen LogP contribution is 2.50. The Hall–Kier alpha value is -1.35. The third kappa shape index (κ3) is 1.71. The van der Waals surface area contributed by atoms with Crippen LogP contribution in [0.3, 0.4) is 0 Å². The van der Waals surface area contributed by atoms with Gasteiger partial charge in [0.15, 0.2) is 0 Å². The second-order valence-corrected chi connectivity index (χ2v) is 4.40. The summed E-state index contributed by atoms with van der Waals surface area (Å²) in [4.78, 5) is 11.3. The van der Waals surface area contributed by atoms with Crippen LogP contribution in [-0.2, 0) is 10.2 Å². The molecule has 1 unspecified atom stereocenters. The predicted octanol–water partition coefficient (Wildman–Crippen LogP) is 1.89. The molecule has 3 nitrogen and oxygen atoms in total. The fourth-order valence-electron chi connectivity index (χ4n) is 2.14. The van der Waals surface area contributed by atoms with Crippen molar-refractivity contribution in [2.24, 2.45) is 0 Å². The number of hydrogen-bond acceptors (Lipinski definition) is 3. The molecule has 1 aromatic rings. The average molecular weight is 220 g/mol. The summed E-state index contributed by atoms with van der Waals surface area (Å²) < 4.78 is 4.64. The van der Waals surface area contributed by atoms with Gasteiger partial charge in [0, 0.05) is 5.41 Å². The van der Waals surface area contributed by atoms with Gasteiger partial charge in [-0.25, -0.2) is 4.79 Å². The number of benzene rings is 1. The lowest BCUT2D eigenvalue weighted by molar-refractivity contribution is 0.0600. The third-order valence-corrected chi connectivity index (χ3v) is 3.47. The number of esters is 1. The van der Waals surface area contributed by atoms with Gasteiger partial charge < -0.3 is 9.84 Å². The molecule has 0 aliphatic heterocycles. The third-order valence-electron chi connectivity index (χ3n) is 3.47. The molecule has 16 heavy (non-hydrogen) atoms. The second kappa shape index (κ2) is 3.91. The van der Waals surface area contributed by atoms with Gasteiger partial charge in [-0.15, -0.1) is 0 Å². The second-order valence-electron chi connectivity index (χ2n) is 4.40. The Labute approximate surface area is 95.0 Å². The van der Waals surface area contributed by atoms with Crippen LogP contribution in [0.2, 0.25) is 0 Å². The van der Waals surface area contributed by atoms with Gasteiger partial charge in [0.05, 0.1) is 18.8 Å². The van der Waals surface area contributed by atoms with Gasteiger partial charge >= 0.3 is 5.97 Å². The molecule has 0 aromatic heterocycles. The van der Waals surface area contributed by atoms with E-state index in [0.29, 0.717) is 5.56 Å². The lowest BCUT2D eigenvalue weighted by Gasteiger charge is -2.19. The zero-order valence-electron chi connectivity index (χ0n) is 9.56. The first-order chi connectivity index (χ1) is 7.60. The zero-order valence-corrected chi connectivity index (χ0v) is 9.56. The first-order valence-electron chi connectivity index (χ1n) is 5.47.